The van der Waals surface area contributed by atoms with E-state index in [9.17, 15) is 0 Å². The number of nitrogens with zero attached hydrogens (tertiary/aromatic N) is 4. The summed E-state index contributed by atoms with van der Waals surface area (Å²) in [6.45, 7) is 2.64. The van der Waals surface area contributed by atoms with Crippen LogP contribution in [-0.4, -0.2) is 19.5 Å². The molecule has 0 aliphatic carbocycles. The number of pyridine rings is 1. The lowest BCUT2D eigenvalue weighted by molar-refractivity contribution is 0.743. The molecule has 4 nitrogen and oxygen atoms in total. The Morgan fingerprint density at radius 1 is 1.50 bits per heavy atom. The summed E-state index contributed by atoms with van der Waals surface area (Å²) in [5.41, 5.74) is 3.57. The summed E-state index contributed by atoms with van der Waals surface area (Å²) in [7, 11) is 0. The van der Waals surface area contributed by atoms with Crippen molar-refractivity contribution in [2.45, 2.75) is 18.8 Å². The van der Waals surface area contributed by atoms with Gasteiger partial charge in [-0.2, -0.15) is 0 Å². The van der Waals surface area contributed by atoms with Gasteiger partial charge >= 0.3 is 0 Å². The zero-order chi connectivity index (χ0) is 12.5. The van der Waals surface area contributed by atoms with Crippen LogP contribution in [0.15, 0.2) is 30.0 Å². The quantitative estimate of drug-likeness (QED) is 0.691. The largest absolute Gasteiger partial charge is 0.306 e. The summed E-state index contributed by atoms with van der Waals surface area (Å²) in [4.78, 5) is 14.2. The maximum absolute atomic E-state index is 6.20. The predicted molar refractivity (Wildman–Crippen MR) is 73.0 cm³/mol. The monoisotopic (exact) mass is 278 g/mol. The third-order valence-corrected chi connectivity index (χ3v) is 3.65. The molecule has 0 N–H and O–H groups in total. The Morgan fingerprint density at radius 2 is 2.39 bits per heavy atom. The molecule has 6 heteroatoms. The molecule has 0 aliphatic heterocycles. The molecular weight excluding hydrogens is 268 g/mol. The molecule has 3 aromatic rings. The fourth-order valence-electron chi connectivity index (χ4n) is 1.91. The van der Waals surface area contributed by atoms with Crippen LogP contribution in [0.5, 0.6) is 0 Å². The average Bonchev–Trinajstić information content (AvgIpc) is 2.98. The Kier molecular flexibility index (Phi) is 3.01. The average molecular weight is 279 g/mol. The smallest absolute Gasteiger partial charge is 0.160 e. The van der Waals surface area contributed by atoms with E-state index in [1.165, 1.54) is 4.88 Å². The zero-order valence-electron chi connectivity index (χ0n) is 9.75. The van der Waals surface area contributed by atoms with E-state index in [1.54, 1.807) is 17.5 Å². The van der Waals surface area contributed by atoms with Gasteiger partial charge in [0.1, 0.15) is 11.3 Å². The molecule has 0 saturated heterocycles. The SMILES string of the molecule is CC(Cl)c1nc2cccnc2n1Cc1cncs1. The molecule has 18 heavy (non-hydrogen) atoms. The van der Waals surface area contributed by atoms with E-state index in [0.29, 0.717) is 6.54 Å². The lowest BCUT2D eigenvalue weighted by Crippen LogP contribution is -2.05. The molecule has 0 amide bonds. The minimum Gasteiger partial charge on any atom is -0.306 e. The molecule has 3 rings (SSSR count). The number of imidazole rings is 1. The highest BCUT2D eigenvalue weighted by molar-refractivity contribution is 7.09. The van der Waals surface area contributed by atoms with E-state index in [4.69, 9.17) is 11.6 Å². The van der Waals surface area contributed by atoms with Crippen LogP contribution in [0, 0.1) is 0 Å². The molecule has 0 spiro atoms. The minimum atomic E-state index is -0.146. The van der Waals surface area contributed by atoms with Gasteiger partial charge in [0.05, 0.1) is 17.4 Å². The molecule has 0 fully saturated rings. The van der Waals surface area contributed by atoms with Crippen LogP contribution >= 0.6 is 22.9 Å². The third kappa shape index (κ3) is 2.00. The number of rotatable bonds is 3. The van der Waals surface area contributed by atoms with Crippen molar-refractivity contribution >= 4 is 34.1 Å². The molecular formula is C12H11ClN4S. The third-order valence-electron chi connectivity index (χ3n) is 2.69. The van der Waals surface area contributed by atoms with E-state index in [1.807, 2.05) is 30.8 Å². The zero-order valence-corrected chi connectivity index (χ0v) is 11.3. The van der Waals surface area contributed by atoms with E-state index in [-0.39, 0.29) is 5.38 Å². The number of thiazole rings is 1. The molecule has 1 atom stereocenters. The molecule has 0 bridgehead atoms. The molecule has 1 unspecified atom stereocenters. The molecule has 3 aromatic heterocycles. The first kappa shape index (κ1) is 11.6. The second kappa shape index (κ2) is 4.66. The highest BCUT2D eigenvalue weighted by atomic mass is 35.5. The van der Waals surface area contributed by atoms with Crippen LogP contribution in [0.1, 0.15) is 23.0 Å². The summed E-state index contributed by atoms with van der Waals surface area (Å²) in [6, 6.07) is 3.84. The molecule has 0 radical (unpaired) electrons. The van der Waals surface area contributed by atoms with E-state index < -0.39 is 0 Å². The van der Waals surface area contributed by atoms with Crippen LogP contribution in [0.4, 0.5) is 0 Å². The number of hydrogen-bond donors (Lipinski definition) is 0. The summed E-state index contributed by atoms with van der Waals surface area (Å²) in [5.74, 6) is 0.846. The van der Waals surface area contributed by atoms with Gasteiger partial charge in [0.25, 0.3) is 0 Å². The van der Waals surface area contributed by atoms with Crippen molar-refractivity contribution in [3.8, 4) is 0 Å². The number of halogens is 1. The maximum Gasteiger partial charge on any atom is 0.160 e. The van der Waals surface area contributed by atoms with Gasteiger partial charge in [-0.3, -0.25) is 4.98 Å². The molecule has 0 aromatic carbocycles. The van der Waals surface area contributed by atoms with Crippen molar-refractivity contribution in [2.75, 3.05) is 0 Å². The fourth-order valence-corrected chi connectivity index (χ4v) is 2.66. The Bertz CT molecular complexity index is 660. The van der Waals surface area contributed by atoms with Crippen molar-refractivity contribution in [3.63, 3.8) is 0 Å². The van der Waals surface area contributed by atoms with Crippen molar-refractivity contribution in [1.82, 2.24) is 19.5 Å². The number of hydrogen-bond acceptors (Lipinski definition) is 4. The minimum absolute atomic E-state index is 0.146. The van der Waals surface area contributed by atoms with Gasteiger partial charge < -0.3 is 4.57 Å². The molecule has 3 heterocycles. The molecule has 0 aliphatic rings. The second-order valence-corrected chi connectivity index (χ2v) is 5.61. The van der Waals surface area contributed by atoms with E-state index in [2.05, 4.69) is 19.5 Å². The first-order valence-electron chi connectivity index (χ1n) is 5.58. The first-order chi connectivity index (χ1) is 8.75. The summed E-state index contributed by atoms with van der Waals surface area (Å²) < 4.78 is 2.06. The van der Waals surface area contributed by atoms with Gasteiger partial charge in [-0.1, -0.05) is 0 Å². The van der Waals surface area contributed by atoms with Crippen LogP contribution in [0.3, 0.4) is 0 Å². The summed E-state index contributed by atoms with van der Waals surface area (Å²) in [6.07, 6.45) is 3.64. The van der Waals surface area contributed by atoms with Gasteiger partial charge in [0, 0.05) is 17.3 Å². The van der Waals surface area contributed by atoms with E-state index in [0.717, 1.165) is 17.0 Å². The maximum atomic E-state index is 6.20. The van der Waals surface area contributed by atoms with Gasteiger partial charge in [-0.05, 0) is 19.1 Å². The molecule has 0 saturated carbocycles. The van der Waals surface area contributed by atoms with Crippen molar-refractivity contribution in [1.29, 1.82) is 0 Å². The van der Waals surface area contributed by atoms with E-state index >= 15 is 0 Å². The topological polar surface area (TPSA) is 43.6 Å². The van der Waals surface area contributed by atoms with Crippen LogP contribution in [0.2, 0.25) is 0 Å². The Morgan fingerprint density at radius 3 is 3.11 bits per heavy atom. The Balaban J connectivity index is 2.15. The summed E-state index contributed by atoms with van der Waals surface area (Å²) in [5, 5.41) is -0.146. The van der Waals surface area contributed by atoms with Gasteiger partial charge in [-0.25, -0.2) is 9.97 Å². The molecule has 92 valence electrons. The second-order valence-electron chi connectivity index (χ2n) is 3.99. The van der Waals surface area contributed by atoms with Gasteiger partial charge in [-0.15, -0.1) is 22.9 Å². The Labute approximate surface area is 113 Å². The highest BCUT2D eigenvalue weighted by Crippen LogP contribution is 2.24. The first-order valence-corrected chi connectivity index (χ1v) is 6.90. The number of alkyl halides is 1. The normalized spacial score (nSPS) is 13.0. The number of aromatic nitrogens is 4. The lowest BCUT2D eigenvalue weighted by atomic mass is 10.4. The van der Waals surface area contributed by atoms with Gasteiger partial charge in [0.15, 0.2) is 5.65 Å². The fraction of sp³-hybridized carbons (Fsp3) is 0.250. The van der Waals surface area contributed by atoms with Crippen LogP contribution < -0.4 is 0 Å². The van der Waals surface area contributed by atoms with Crippen LogP contribution in [-0.2, 0) is 6.54 Å². The van der Waals surface area contributed by atoms with Crippen molar-refractivity contribution in [2.24, 2.45) is 0 Å². The van der Waals surface area contributed by atoms with Crippen LogP contribution in [0.25, 0.3) is 11.2 Å². The standard InChI is InChI=1S/C12H11ClN4S/c1-8(13)11-16-10-3-2-4-15-12(10)17(11)6-9-5-14-7-18-9/h2-5,7-8H,6H2,1H3. The summed E-state index contributed by atoms with van der Waals surface area (Å²) >= 11 is 7.82. The predicted octanol–water partition coefficient (Wildman–Crippen LogP) is 3.24. The Hall–Kier alpha value is -1.46. The number of fused-ring (bicyclic) bond motifs is 1. The lowest BCUT2D eigenvalue weighted by Gasteiger charge is -2.08. The van der Waals surface area contributed by atoms with Crippen molar-refractivity contribution in [3.05, 3.63) is 40.7 Å². The van der Waals surface area contributed by atoms with Crippen molar-refractivity contribution < 1.29 is 0 Å². The van der Waals surface area contributed by atoms with Gasteiger partial charge in [0.2, 0.25) is 0 Å². The highest BCUT2D eigenvalue weighted by Gasteiger charge is 2.16.